The number of nitrogens with zero attached hydrogens (tertiary/aromatic N) is 3. The van der Waals surface area contributed by atoms with Gasteiger partial charge < -0.3 is 5.32 Å². The highest BCUT2D eigenvalue weighted by Crippen LogP contribution is 2.33. The SMILES string of the molecule is CSc1nc2n(n1)C(c1ccc(Br)cc1)C=C(c1ccccc1)N2. The predicted molar refractivity (Wildman–Crippen MR) is 102 cm³/mol. The number of aromatic nitrogens is 3. The zero-order valence-corrected chi connectivity index (χ0v) is 15.4. The molecule has 4 rings (SSSR count). The van der Waals surface area contributed by atoms with Gasteiger partial charge in [0.2, 0.25) is 11.1 Å². The molecule has 0 saturated heterocycles. The van der Waals surface area contributed by atoms with Crippen molar-refractivity contribution in [3.05, 3.63) is 76.3 Å². The summed E-state index contributed by atoms with van der Waals surface area (Å²) in [4.78, 5) is 4.59. The summed E-state index contributed by atoms with van der Waals surface area (Å²) in [5.41, 5.74) is 3.36. The number of hydrogen-bond acceptors (Lipinski definition) is 4. The van der Waals surface area contributed by atoms with Gasteiger partial charge in [-0.1, -0.05) is 70.2 Å². The predicted octanol–water partition coefficient (Wildman–Crippen LogP) is 4.82. The van der Waals surface area contributed by atoms with Crippen molar-refractivity contribution in [2.24, 2.45) is 0 Å². The molecule has 0 fully saturated rings. The molecule has 6 heteroatoms. The topological polar surface area (TPSA) is 42.7 Å². The van der Waals surface area contributed by atoms with E-state index in [0.29, 0.717) is 0 Å². The van der Waals surface area contributed by atoms with Crippen LogP contribution in [0.4, 0.5) is 5.95 Å². The van der Waals surface area contributed by atoms with Gasteiger partial charge >= 0.3 is 0 Å². The average Bonchev–Trinajstić information content (AvgIpc) is 3.05. The highest BCUT2D eigenvalue weighted by molar-refractivity contribution is 9.10. The van der Waals surface area contributed by atoms with Gasteiger partial charge in [-0.25, -0.2) is 4.68 Å². The molecule has 0 aliphatic carbocycles. The molecule has 0 amide bonds. The number of fused-ring (bicyclic) bond motifs is 1. The van der Waals surface area contributed by atoms with Gasteiger partial charge in [-0.15, -0.1) is 5.10 Å². The van der Waals surface area contributed by atoms with Gasteiger partial charge in [-0.2, -0.15) is 4.98 Å². The quantitative estimate of drug-likeness (QED) is 0.642. The van der Waals surface area contributed by atoms with Crippen LogP contribution < -0.4 is 5.32 Å². The summed E-state index contributed by atoms with van der Waals surface area (Å²) in [5.74, 6) is 0.772. The van der Waals surface area contributed by atoms with Crippen molar-refractivity contribution in [1.82, 2.24) is 14.8 Å². The Morgan fingerprint density at radius 3 is 2.54 bits per heavy atom. The van der Waals surface area contributed by atoms with Crippen molar-refractivity contribution >= 4 is 39.3 Å². The van der Waals surface area contributed by atoms with Gasteiger partial charge in [0.15, 0.2) is 0 Å². The first kappa shape index (κ1) is 15.5. The molecule has 4 nitrogen and oxygen atoms in total. The summed E-state index contributed by atoms with van der Waals surface area (Å²) in [6, 6.07) is 18.6. The van der Waals surface area contributed by atoms with Crippen molar-refractivity contribution in [3.8, 4) is 0 Å². The van der Waals surface area contributed by atoms with Crippen LogP contribution in [0.2, 0.25) is 0 Å². The summed E-state index contributed by atoms with van der Waals surface area (Å²) in [6.07, 6.45) is 4.19. The van der Waals surface area contributed by atoms with Crippen molar-refractivity contribution in [2.75, 3.05) is 11.6 Å². The zero-order valence-electron chi connectivity index (χ0n) is 13.0. The van der Waals surface area contributed by atoms with E-state index in [-0.39, 0.29) is 6.04 Å². The number of nitrogens with one attached hydrogen (secondary N) is 1. The largest absolute Gasteiger partial charge is 0.324 e. The lowest BCUT2D eigenvalue weighted by molar-refractivity contribution is 0.598. The second kappa shape index (κ2) is 6.45. The van der Waals surface area contributed by atoms with Crippen LogP contribution in [-0.4, -0.2) is 21.0 Å². The fourth-order valence-electron chi connectivity index (χ4n) is 2.74. The van der Waals surface area contributed by atoms with Gasteiger partial charge in [-0.05, 0) is 35.6 Å². The Balaban J connectivity index is 1.83. The minimum Gasteiger partial charge on any atom is -0.324 e. The van der Waals surface area contributed by atoms with Gasteiger partial charge in [-0.3, -0.25) is 0 Å². The molecular formula is C18H15BrN4S. The Hall–Kier alpha value is -2.05. The molecule has 0 radical (unpaired) electrons. The monoisotopic (exact) mass is 398 g/mol. The molecule has 24 heavy (non-hydrogen) atoms. The van der Waals surface area contributed by atoms with E-state index in [4.69, 9.17) is 0 Å². The fourth-order valence-corrected chi connectivity index (χ4v) is 3.36. The minimum absolute atomic E-state index is 0.0120. The Kier molecular flexibility index (Phi) is 4.16. The maximum Gasteiger partial charge on any atom is 0.227 e. The van der Waals surface area contributed by atoms with Crippen molar-refractivity contribution in [2.45, 2.75) is 11.2 Å². The Bertz CT molecular complexity index is 887. The van der Waals surface area contributed by atoms with Crippen LogP contribution in [0.1, 0.15) is 17.2 Å². The fraction of sp³-hybridized carbons (Fsp3) is 0.111. The summed E-state index contributed by atoms with van der Waals surface area (Å²) in [6.45, 7) is 0. The number of hydrogen-bond donors (Lipinski definition) is 1. The molecule has 1 aromatic heterocycles. The Morgan fingerprint density at radius 2 is 1.83 bits per heavy atom. The molecule has 0 bridgehead atoms. The minimum atomic E-state index is 0.0120. The van der Waals surface area contributed by atoms with Crippen LogP contribution >= 0.6 is 27.7 Å². The molecule has 0 saturated carbocycles. The summed E-state index contributed by atoms with van der Waals surface area (Å²) in [5, 5.41) is 8.80. The molecule has 1 N–H and O–H groups in total. The lowest BCUT2D eigenvalue weighted by Crippen LogP contribution is -2.20. The average molecular weight is 399 g/mol. The smallest absolute Gasteiger partial charge is 0.227 e. The zero-order chi connectivity index (χ0) is 16.5. The van der Waals surface area contributed by atoms with E-state index in [1.807, 2.05) is 29.1 Å². The molecule has 0 spiro atoms. The van der Waals surface area contributed by atoms with Gasteiger partial charge in [0, 0.05) is 10.2 Å². The van der Waals surface area contributed by atoms with Crippen LogP contribution in [0, 0.1) is 0 Å². The molecule has 120 valence electrons. The van der Waals surface area contributed by atoms with Crippen LogP contribution in [0.15, 0.2) is 70.3 Å². The maximum atomic E-state index is 4.63. The van der Waals surface area contributed by atoms with E-state index in [0.717, 1.165) is 26.8 Å². The molecule has 1 atom stereocenters. The van der Waals surface area contributed by atoms with Gasteiger partial charge in [0.05, 0.1) is 0 Å². The number of thioether (sulfide) groups is 1. The van der Waals surface area contributed by atoms with Crippen molar-refractivity contribution < 1.29 is 0 Å². The van der Waals surface area contributed by atoms with Crippen molar-refractivity contribution in [1.29, 1.82) is 0 Å². The van der Waals surface area contributed by atoms with Gasteiger partial charge in [0.1, 0.15) is 6.04 Å². The van der Waals surface area contributed by atoms with Crippen molar-refractivity contribution in [3.63, 3.8) is 0 Å². The highest BCUT2D eigenvalue weighted by atomic mass is 79.9. The first-order valence-corrected chi connectivity index (χ1v) is 9.56. The lowest BCUT2D eigenvalue weighted by Gasteiger charge is -2.24. The van der Waals surface area contributed by atoms with Gasteiger partial charge in [0.25, 0.3) is 0 Å². The number of anilines is 1. The molecular weight excluding hydrogens is 384 g/mol. The third-order valence-corrected chi connectivity index (χ3v) is 4.99. The molecule has 1 unspecified atom stereocenters. The third kappa shape index (κ3) is 2.87. The molecule has 3 aromatic rings. The molecule has 2 aromatic carbocycles. The summed E-state index contributed by atoms with van der Waals surface area (Å²) in [7, 11) is 0. The van der Waals surface area contributed by atoms with E-state index in [1.165, 1.54) is 5.56 Å². The van der Waals surface area contributed by atoms with E-state index < -0.39 is 0 Å². The second-order valence-electron chi connectivity index (χ2n) is 5.43. The van der Waals surface area contributed by atoms with Crippen LogP contribution in [-0.2, 0) is 0 Å². The lowest BCUT2D eigenvalue weighted by atomic mass is 10.0. The van der Waals surface area contributed by atoms with E-state index in [2.05, 4.69) is 73.8 Å². The highest BCUT2D eigenvalue weighted by Gasteiger charge is 2.25. The second-order valence-corrected chi connectivity index (χ2v) is 7.12. The summed E-state index contributed by atoms with van der Waals surface area (Å²) < 4.78 is 3.01. The normalized spacial score (nSPS) is 16.2. The van der Waals surface area contributed by atoms with Crippen LogP contribution in [0.3, 0.4) is 0 Å². The number of rotatable bonds is 3. The Labute approximate surface area is 153 Å². The van der Waals surface area contributed by atoms with E-state index in [1.54, 1.807) is 11.8 Å². The first-order valence-electron chi connectivity index (χ1n) is 7.55. The third-order valence-electron chi connectivity index (χ3n) is 3.93. The summed E-state index contributed by atoms with van der Waals surface area (Å²) >= 11 is 5.04. The van der Waals surface area contributed by atoms with Crippen LogP contribution in [0.5, 0.6) is 0 Å². The van der Waals surface area contributed by atoms with Crippen LogP contribution in [0.25, 0.3) is 5.70 Å². The molecule has 1 aliphatic rings. The van der Waals surface area contributed by atoms with E-state index in [9.17, 15) is 0 Å². The molecule has 2 heterocycles. The maximum absolute atomic E-state index is 4.63. The number of benzene rings is 2. The first-order chi connectivity index (χ1) is 11.7. The number of allylic oxidation sites excluding steroid dienone is 1. The number of halogens is 1. The molecule has 1 aliphatic heterocycles. The van der Waals surface area contributed by atoms with E-state index >= 15 is 0 Å². The standard InChI is InChI=1S/C18H15BrN4S/c1-24-18-21-17-20-15(12-5-3-2-4-6-12)11-16(23(17)22-18)13-7-9-14(19)10-8-13/h2-11,16H,1H3,(H,20,21,22). The Morgan fingerprint density at radius 1 is 1.08 bits per heavy atom.